The predicted octanol–water partition coefficient (Wildman–Crippen LogP) is 2.21. The minimum absolute atomic E-state index is 0.0581. The molecule has 0 fully saturated rings. The molecule has 0 spiro atoms. The summed E-state index contributed by atoms with van der Waals surface area (Å²) in [7, 11) is 1.63. The fourth-order valence-electron chi connectivity index (χ4n) is 1.61. The Balaban J connectivity index is 2.85. The highest BCUT2D eigenvalue weighted by Crippen LogP contribution is 2.21. The number of carbonyl (C=O) groups is 1. The first kappa shape index (κ1) is 12.7. The van der Waals surface area contributed by atoms with Crippen molar-refractivity contribution >= 4 is 5.78 Å². The first-order valence-electron chi connectivity index (χ1n) is 5.53. The van der Waals surface area contributed by atoms with Crippen LogP contribution in [0.3, 0.4) is 0 Å². The molecule has 3 nitrogen and oxygen atoms in total. The Morgan fingerprint density at radius 2 is 2.19 bits per heavy atom. The summed E-state index contributed by atoms with van der Waals surface area (Å²) in [6.07, 6.45) is 1.75. The highest BCUT2D eigenvalue weighted by molar-refractivity contribution is 5.96. The monoisotopic (exact) mass is 222 g/mol. The smallest absolute Gasteiger partial charge is 0.162 e. The SMILES string of the molecule is CCc1cc(C(=O)CCCO)ccc1OC. The highest BCUT2D eigenvalue weighted by atomic mass is 16.5. The van der Waals surface area contributed by atoms with Crippen molar-refractivity contribution in [2.45, 2.75) is 26.2 Å². The van der Waals surface area contributed by atoms with E-state index in [2.05, 4.69) is 0 Å². The molecule has 1 rings (SSSR count). The molecule has 0 aliphatic heterocycles. The molecule has 0 atom stereocenters. The van der Waals surface area contributed by atoms with Gasteiger partial charge in [-0.3, -0.25) is 4.79 Å². The number of hydrogen-bond acceptors (Lipinski definition) is 3. The molecule has 0 aliphatic carbocycles. The van der Waals surface area contributed by atoms with Crippen molar-refractivity contribution in [3.8, 4) is 5.75 Å². The fraction of sp³-hybridized carbons (Fsp3) is 0.462. The zero-order chi connectivity index (χ0) is 12.0. The summed E-state index contributed by atoms with van der Waals surface area (Å²) in [6.45, 7) is 2.09. The number of carbonyl (C=O) groups excluding carboxylic acids is 1. The summed E-state index contributed by atoms with van der Waals surface area (Å²) in [5.74, 6) is 0.896. The second-order valence-corrected chi connectivity index (χ2v) is 3.63. The molecule has 0 unspecified atom stereocenters. The van der Waals surface area contributed by atoms with E-state index in [1.54, 1.807) is 13.2 Å². The van der Waals surface area contributed by atoms with Crippen LogP contribution < -0.4 is 4.74 Å². The molecule has 0 saturated carbocycles. The quantitative estimate of drug-likeness (QED) is 0.751. The van der Waals surface area contributed by atoms with Crippen LogP contribution in [0.4, 0.5) is 0 Å². The minimum atomic E-state index is 0.0581. The van der Waals surface area contributed by atoms with E-state index in [0.29, 0.717) is 18.4 Å². The van der Waals surface area contributed by atoms with Crippen molar-refractivity contribution in [3.05, 3.63) is 29.3 Å². The molecule has 0 amide bonds. The van der Waals surface area contributed by atoms with Gasteiger partial charge in [-0.2, -0.15) is 0 Å². The lowest BCUT2D eigenvalue weighted by atomic mass is 10.0. The Hall–Kier alpha value is -1.35. The number of Topliss-reactive ketones (excluding diaryl/α,β-unsaturated/α-hetero) is 1. The summed E-state index contributed by atoms with van der Waals surface area (Å²) in [5.41, 5.74) is 1.74. The number of ether oxygens (including phenoxy) is 1. The Kier molecular flexibility index (Phi) is 4.99. The van der Waals surface area contributed by atoms with E-state index in [-0.39, 0.29) is 12.4 Å². The van der Waals surface area contributed by atoms with Gasteiger partial charge in [0, 0.05) is 18.6 Å². The minimum Gasteiger partial charge on any atom is -0.496 e. The Labute approximate surface area is 96.1 Å². The van der Waals surface area contributed by atoms with E-state index in [1.807, 2.05) is 19.1 Å². The molecule has 0 radical (unpaired) electrons. The summed E-state index contributed by atoms with van der Waals surface area (Å²) in [5, 5.41) is 8.67. The number of rotatable bonds is 6. The van der Waals surface area contributed by atoms with Crippen LogP contribution in [-0.4, -0.2) is 24.6 Å². The molecule has 0 aromatic heterocycles. The summed E-state index contributed by atoms with van der Waals surface area (Å²) in [4.78, 5) is 11.7. The van der Waals surface area contributed by atoms with Crippen molar-refractivity contribution in [2.24, 2.45) is 0 Å². The van der Waals surface area contributed by atoms with E-state index < -0.39 is 0 Å². The van der Waals surface area contributed by atoms with Gasteiger partial charge in [0.25, 0.3) is 0 Å². The van der Waals surface area contributed by atoms with Crippen LogP contribution in [0.2, 0.25) is 0 Å². The summed E-state index contributed by atoms with van der Waals surface area (Å²) in [6, 6.07) is 5.47. The van der Waals surface area contributed by atoms with Gasteiger partial charge in [0.1, 0.15) is 5.75 Å². The van der Waals surface area contributed by atoms with E-state index in [4.69, 9.17) is 9.84 Å². The maximum absolute atomic E-state index is 11.7. The van der Waals surface area contributed by atoms with Gasteiger partial charge in [-0.1, -0.05) is 6.92 Å². The average molecular weight is 222 g/mol. The predicted molar refractivity (Wildman–Crippen MR) is 63.0 cm³/mol. The molecular weight excluding hydrogens is 204 g/mol. The molecule has 0 bridgehead atoms. The van der Waals surface area contributed by atoms with Crippen LogP contribution in [0.1, 0.15) is 35.7 Å². The molecule has 1 N–H and O–H groups in total. The van der Waals surface area contributed by atoms with Crippen LogP contribution in [0.5, 0.6) is 5.75 Å². The third-order valence-electron chi connectivity index (χ3n) is 2.55. The van der Waals surface area contributed by atoms with Gasteiger partial charge in [0.2, 0.25) is 0 Å². The van der Waals surface area contributed by atoms with Crippen LogP contribution in [-0.2, 0) is 6.42 Å². The van der Waals surface area contributed by atoms with Crippen molar-refractivity contribution in [1.82, 2.24) is 0 Å². The number of benzene rings is 1. The number of aryl methyl sites for hydroxylation is 1. The van der Waals surface area contributed by atoms with Crippen molar-refractivity contribution in [2.75, 3.05) is 13.7 Å². The molecule has 88 valence electrons. The zero-order valence-electron chi connectivity index (χ0n) is 9.82. The van der Waals surface area contributed by atoms with Crippen molar-refractivity contribution in [1.29, 1.82) is 0 Å². The maximum Gasteiger partial charge on any atom is 0.162 e. The largest absolute Gasteiger partial charge is 0.496 e. The average Bonchev–Trinajstić information content (AvgIpc) is 2.34. The molecule has 16 heavy (non-hydrogen) atoms. The van der Waals surface area contributed by atoms with Crippen LogP contribution in [0, 0.1) is 0 Å². The Bertz CT molecular complexity index is 358. The number of ketones is 1. The Morgan fingerprint density at radius 1 is 1.44 bits per heavy atom. The lowest BCUT2D eigenvalue weighted by molar-refractivity contribution is 0.0971. The molecule has 3 heteroatoms. The normalized spacial score (nSPS) is 10.2. The summed E-state index contributed by atoms with van der Waals surface area (Å²) >= 11 is 0. The van der Waals surface area contributed by atoms with Gasteiger partial charge < -0.3 is 9.84 Å². The van der Waals surface area contributed by atoms with Crippen molar-refractivity contribution in [3.63, 3.8) is 0 Å². The van der Waals surface area contributed by atoms with E-state index in [9.17, 15) is 4.79 Å². The van der Waals surface area contributed by atoms with Crippen molar-refractivity contribution < 1.29 is 14.6 Å². The molecule has 0 saturated heterocycles. The second kappa shape index (κ2) is 6.28. The molecular formula is C13H18O3. The van der Waals surface area contributed by atoms with Gasteiger partial charge in [0.15, 0.2) is 5.78 Å². The van der Waals surface area contributed by atoms with Crippen LogP contribution in [0.25, 0.3) is 0 Å². The number of aliphatic hydroxyl groups excluding tert-OH is 1. The van der Waals surface area contributed by atoms with Gasteiger partial charge in [0.05, 0.1) is 7.11 Å². The lowest BCUT2D eigenvalue weighted by Crippen LogP contribution is -2.02. The number of hydrogen-bond donors (Lipinski definition) is 1. The van der Waals surface area contributed by atoms with E-state index in [1.165, 1.54) is 0 Å². The van der Waals surface area contributed by atoms with E-state index in [0.717, 1.165) is 17.7 Å². The van der Waals surface area contributed by atoms with Gasteiger partial charge in [-0.25, -0.2) is 0 Å². The fourth-order valence-corrected chi connectivity index (χ4v) is 1.61. The third kappa shape index (κ3) is 3.07. The van der Waals surface area contributed by atoms with Gasteiger partial charge >= 0.3 is 0 Å². The molecule has 1 aromatic carbocycles. The standard InChI is InChI=1S/C13H18O3/c1-3-10-9-11(6-7-13(10)16-2)12(15)5-4-8-14/h6-7,9,14H,3-5,8H2,1-2H3. The summed E-state index contributed by atoms with van der Waals surface area (Å²) < 4.78 is 5.20. The maximum atomic E-state index is 11.7. The molecule has 1 aromatic rings. The Morgan fingerprint density at radius 3 is 2.75 bits per heavy atom. The number of aliphatic hydroxyl groups is 1. The zero-order valence-corrected chi connectivity index (χ0v) is 9.82. The first-order valence-corrected chi connectivity index (χ1v) is 5.53. The number of methoxy groups -OCH3 is 1. The van der Waals surface area contributed by atoms with Gasteiger partial charge in [-0.15, -0.1) is 0 Å². The topological polar surface area (TPSA) is 46.5 Å². The first-order chi connectivity index (χ1) is 7.72. The second-order valence-electron chi connectivity index (χ2n) is 3.63. The van der Waals surface area contributed by atoms with Gasteiger partial charge in [-0.05, 0) is 36.6 Å². The molecule has 0 aliphatic rings. The van der Waals surface area contributed by atoms with Crippen LogP contribution >= 0.6 is 0 Å². The molecule has 0 heterocycles. The van der Waals surface area contributed by atoms with Crippen LogP contribution in [0.15, 0.2) is 18.2 Å². The highest BCUT2D eigenvalue weighted by Gasteiger charge is 2.08. The van der Waals surface area contributed by atoms with E-state index >= 15 is 0 Å². The lowest BCUT2D eigenvalue weighted by Gasteiger charge is -2.08. The third-order valence-corrected chi connectivity index (χ3v) is 2.55.